The molecule has 0 saturated heterocycles. The molecule has 1 aromatic heterocycles. The van der Waals surface area contributed by atoms with Crippen molar-refractivity contribution in [3.63, 3.8) is 0 Å². The lowest BCUT2D eigenvalue weighted by atomic mass is 10.1. The standard InChI is InChI=1S/C12H13N3O3/c1-8(16)10(6-7-12(17)18)15-11-5-3-2-4-9(11)13-14-15/h2-5,10H,6-7H2,1H3,(H,17,18). The third-order valence-electron chi connectivity index (χ3n) is 2.77. The summed E-state index contributed by atoms with van der Waals surface area (Å²) in [6, 6.07) is 6.70. The summed E-state index contributed by atoms with van der Waals surface area (Å²) in [5.41, 5.74) is 1.43. The second-order valence-corrected chi connectivity index (χ2v) is 4.08. The van der Waals surface area contributed by atoms with Gasteiger partial charge in [-0.2, -0.15) is 0 Å². The van der Waals surface area contributed by atoms with Crippen LogP contribution in [0.3, 0.4) is 0 Å². The van der Waals surface area contributed by atoms with E-state index in [1.54, 1.807) is 6.07 Å². The number of aliphatic carboxylic acids is 1. The van der Waals surface area contributed by atoms with Crippen molar-refractivity contribution >= 4 is 22.8 Å². The number of nitrogens with zero attached hydrogens (tertiary/aromatic N) is 3. The number of carboxylic acid groups (broad SMARTS) is 1. The van der Waals surface area contributed by atoms with E-state index in [2.05, 4.69) is 10.3 Å². The average Bonchev–Trinajstić information content (AvgIpc) is 2.73. The number of Topliss-reactive ketones (excluding diaryl/α,β-unsaturated/α-hetero) is 1. The Morgan fingerprint density at radius 3 is 2.78 bits per heavy atom. The number of benzene rings is 1. The highest BCUT2D eigenvalue weighted by atomic mass is 16.4. The Labute approximate surface area is 103 Å². The Kier molecular flexibility index (Phi) is 3.36. The molecule has 18 heavy (non-hydrogen) atoms. The molecule has 2 rings (SSSR count). The molecule has 94 valence electrons. The van der Waals surface area contributed by atoms with Gasteiger partial charge in [0, 0.05) is 6.42 Å². The molecule has 1 unspecified atom stereocenters. The van der Waals surface area contributed by atoms with Crippen LogP contribution in [0.25, 0.3) is 11.0 Å². The highest BCUT2D eigenvalue weighted by molar-refractivity contribution is 5.83. The zero-order chi connectivity index (χ0) is 13.1. The van der Waals surface area contributed by atoms with Crippen LogP contribution in [0.15, 0.2) is 24.3 Å². The van der Waals surface area contributed by atoms with Crippen LogP contribution in [0.4, 0.5) is 0 Å². The summed E-state index contributed by atoms with van der Waals surface area (Å²) in [6.45, 7) is 1.43. The summed E-state index contributed by atoms with van der Waals surface area (Å²) in [5, 5.41) is 16.6. The second kappa shape index (κ2) is 4.95. The maximum Gasteiger partial charge on any atom is 0.303 e. The second-order valence-electron chi connectivity index (χ2n) is 4.08. The smallest absolute Gasteiger partial charge is 0.303 e. The van der Waals surface area contributed by atoms with Gasteiger partial charge >= 0.3 is 5.97 Å². The molecule has 0 aliphatic carbocycles. The van der Waals surface area contributed by atoms with Gasteiger partial charge in [-0.25, -0.2) is 4.68 Å². The molecule has 0 aliphatic heterocycles. The summed E-state index contributed by atoms with van der Waals surface area (Å²) in [6.07, 6.45) is 0.149. The number of hydrogen-bond donors (Lipinski definition) is 1. The van der Waals surface area contributed by atoms with Crippen LogP contribution in [0.2, 0.25) is 0 Å². The first kappa shape index (κ1) is 12.2. The third-order valence-corrected chi connectivity index (χ3v) is 2.77. The van der Waals surface area contributed by atoms with Gasteiger partial charge in [0.25, 0.3) is 0 Å². The van der Waals surface area contributed by atoms with Crippen molar-refractivity contribution in [1.29, 1.82) is 0 Å². The number of carbonyl (C=O) groups excluding carboxylic acids is 1. The van der Waals surface area contributed by atoms with Crippen LogP contribution in [-0.2, 0) is 9.59 Å². The summed E-state index contributed by atoms with van der Waals surface area (Å²) >= 11 is 0. The van der Waals surface area contributed by atoms with Crippen molar-refractivity contribution in [3.05, 3.63) is 24.3 Å². The number of hydrogen-bond acceptors (Lipinski definition) is 4. The molecule has 1 heterocycles. The Morgan fingerprint density at radius 2 is 2.11 bits per heavy atom. The number of carboxylic acids is 1. The highest BCUT2D eigenvalue weighted by Crippen LogP contribution is 2.20. The molecule has 1 atom stereocenters. The Balaban J connectivity index is 2.36. The van der Waals surface area contributed by atoms with Crippen molar-refractivity contribution in [3.8, 4) is 0 Å². The van der Waals surface area contributed by atoms with Gasteiger partial charge in [-0.15, -0.1) is 5.10 Å². The maximum atomic E-state index is 11.6. The van der Waals surface area contributed by atoms with Crippen LogP contribution in [0.5, 0.6) is 0 Å². The van der Waals surface area contributed by atoms with E-state index in [1.807, 2.05) is 18.2 Å². The molecule has 1 N–H and O–H groups in total. The summed E-state index contributed by atoms with van der Waals surface area (Å²) in [7, 11) is 0. The lowest BCUT2D eigenvalue weighted by Crippen LogP contribution is -2.19. The van der Waals surface area contributed by atoms with Crippen molar-refractivity contribution in [2.24, 2.45) is 0 Å². The molecule has 6 heteroatoms. The molecule has 6 nitrogen and oxygen atoms in total. The van der Waals surface area contributed by atoms with Gasteiger partial charge in [-0.1, -0.05) is 17.3 Å². The molecule has 0 radical (unpaired) electrons. The lowest BCUT2D eigenvalue weighted by Gasteiger charge is -2.13. The van der Waals surface area contributed by atoms with Crippen molar-refractivity contribution < 1.29 is 14.7 Å². The first-order valence-electron chi connectivity index (χ1n) is 5.62. The molecular weight excluding hydrogens is 234 g/mol. The number of carbonyl (C=O) groups is 2. The van der Waals surface area contributed by atoms with E-state index in [0.717, 1.165) is 5.52 Å². The number of para-hydroxylation sites is 1. The molecule has 0 aliphatic rings. The predicted octanol–water partition coefficient (Wildman–Crippen LogP) is 1.43. The van der Waals surface area contributed by atoms with Gasteiger partial charge in [-0.3, -0.25) is 9.59 Å². The molecule has 2 aromatic rings. The fourth-order valence-corrected chi connectivity index (χ4v) is 1.88. The van der Waals surface area contributed by atoms with Crippen molar-refractivity contribution in [1.82, 2.24) is 15.0 Å². The minimum absolute atomic E-state index is 0.0710. The van der Waals surface area contributed by atoms with Gasteiger partial charge in [0.15, 0.2) is 5.78 Å². The largest absolute Gasteiger partial charge is 0.481 e. The Hall–Kier alpha value is -2.24. The number of rotatable bonds is 5. The topological polar surface area (TPSA) is 85.1 Å². The quantitative estimate of drug-likeness (QED) is 0.863. The Morgan fingerprint density at radius 1 is 1.39 bits per heavy atom. The van der Waals surface area contributed by atoms with Gasteiger partial charge in [0.1, 0.15) is 11.6 Å². The summed E-state index contributed by atoms with van der Waals surface area (Å²) < 4.78 is 1.50. The summed E-state index contributed by atoms with van der Waals surface area (Å²) in [5.74, 6) is -1.04. The molecular formula is C12H13N3O3. The third kappa shape index (κ3) is 2.37. The van der Waals surface area contributed by atoms with Crippen LogP contribution in [0.1, 0.15) is 25.8 Å². The van der Waals surface area contributed by atoms with Crippen molar-refractivity contribution in [2.45, 2.75) is 25.8 Å². The zero-order valence-corrected chi connectivity index (χ0v) is 9.91. The molecule has 0 amide bonds. The molecule has 0 bridgehead atoms. The van der Waals surface area contributed by atoms with E-state index < -0.39 is 12.0 Å². The lowest BCUT2D eigenvalue weighted by molar-refractivity contribution is -0.137. The predicted molar refractivity (Wildman–Crippen MR) is 64.1 cm³/mol. The van der Waals surface area contributed by atoms with Crippen LogP contribution in [0, 0.1) is 0 Å². The van der Waals surface area contributed by atoms with Crippen LogP contribution < -0.4 is 0 Å². The first-order valence-corrected chi connectivity index (χ1v) is 5.62. The number of fused-ring (bicyclic) bond motifs is 1. The van der Waals surface area contributed by atoms with E-state index in [4.69, 9.17) is 5.11 Å². The van der Waals surface area contributed by atoms with Gasteiger partial charge in [0.2, 0.25) is 0 Å². The monoisotopic (exact) mass is 247 g/mol. The van der Waals surface area contributed by atoms with Crippen LogP contribution >= 0.6 is 0 Å². The minimum Gasteiger partial charge on any atom is -0.481 e. The molecule has 0 spiro atoms. The molecule has 0 saturated carbocycles. The highest BCUT2D eigenvalue weighted by Gasteiger charge is 2.20. The van der Waals surface area contributed by atoms with E-state index in [1.165, 1.54) is 11.6 Å². The number of aromatic nitrogens is 3. The van der Waals surface area contributed by atoms with E-state index in [0.29, 0.717) is 5.52 Å². The van der Waals surface area contributed by atoms with Gasteiger partial charge < -0.3 is 5.11 Å². The fraction of sp³-hybridized carbons (Fsp3) is 0.333. The van der Waals surface area contributed by atoms with Gasteiger partial charge in [-0.05, 0) is 25.5 Å². The number of ketones is 1. The van der Waals surface area contributed by atoms with Gasteiger partial charge in [0.05, 0.1) is 5.52 Å². The zero-order valence-electron chi connectivity index (χ0n) is 9.91. The minimum atomic E-state index is -0.925. The van der Waals surface area contributed by atoms with Crippen LogP contribution in [-0.4, -0.2) is 31.9 Å². The van der Waals surface area contributed by atoms with E-state index in [-0.39, 0.29) is 18.6 Å². The average molecular weight is 247 g/mol. The Bertz CT molecular complexity index is 591. The normalized spacial score (nSPS) is 12.5. The van der Waals surface area contributed by atoms with E-state index >= 15 is 0 Å². The maximum absolute atomic E-state index is 11.6. The SMILES string of the molecule is CC(=O)C(CCC(=O)O)n1nnc2ccccc21. The molecule has 1 aromatic carbocycles. The first-order chi connectivity index (χ1) is 8.59. The molecule has 0 fully saturated rings. The fourth-order valence-electron chi connectivity index (χ4n) is 1.88. The van der Waals surface area contributed by atoms with Crippen molar-refractivity contribution in [2.75, 3.05) is 0 Å². The summed E-state index contributed by atoms with van der Waals surface area (Å²) in [4.78, 5) is 22.2. The van der Waals surface area contributed by atoms with E-state index in [9.17, 15) is 9.59 Å².